The maximum atomic E-state index is 13.7. The molecule has 218 valence electrons. The summed E-state index contributed by atoms with van der Waals surface area (Å²) >= 11 is 0. The van der Waals surface area contributed by atoms with Crippen LogP contribution in [0.5, 0.6) is 0 Å². The maximum Gasteiger partial charge on any atom is 0.435 e. The number of hydrogen-bond donors (Lipinski definition) is 4. The second kappa shape index (κ2) is 11.5. The van der Waals surface area contributed by atoms with Crippen molar-refractivity contribution in [3.63, 3.8) is 0 Å². The van der Waals surface area contributed by atoms with Crippen LogP contribution in [0.1, 0.15) is 35.0 Å². The van der Waals surface area contributed by atoms with Gasteiger partial charge in [-0.15, -0.1) is 0 Å². The molecule has 42 heavy (non-hydrogen) atoms. The van der Waals surface area contributed by atoms with Gasteiger partial charge in [-0.25, -0.2) is 9.97 Å². The molecule has 5 rings (SSSR count). The minimum Gasteiger partial charge on any atom is -0.350 e. The SMILES string of the molecule is Cc1cc(Nc2nccn3c(-c4cn(CC#N)nc4C(F)(F)F)cnc23)ccc1C(=O)NC(C)C(=O)N[C@H]1CCNC1. The Morgan fingerprint density at radius 2 is 2.10 bits per heavy atom. The van der Waals surface area contributed by atoms with Crippen molar-refractivity contribution in [3.8, 4) is 17.3 Å². The van der Waals surface area contributed by atoms with Gasteiger partial charge < -0.3 is 21.3 Å². The molecule has 2 amide bonds. The van der Waals surface area contributed by atoms with Gasteiger partial charge in [-0.3, -0.25) is 18.7 Å². The third kappa shape index (κ3) is 5.88. The molecule has 1 unspecified atom stereocenters. The lowest BCUT2D eigenvalue weighted by Crippen LogP contribution is -2.48. The van der Waals surface area contributed by atoms with E-state index in [0.717, 1.165) is 23.8 Å². The van der Waals surface area contributed by atoms with E-state index in [1.807, 2.05) is 0 Å². The van der Waals surface area contributed by atoms with Crippen molar-refractivity contribution in [1.29, 1.82) is 5.26 Å². The normalized spacial score (nSPS) is 15.8. The van der Waals surface area contributed by atoms with Crippen LogP contribution in [0, 0.1) is 18.3 Å². The summed E-state index contributed by atoms with van der Waals surface area (Å²) in [6.45, 7) is 4.56. The number of carbonyl (C=O) groups excluding carboxylic acids is 2. The third-order valence-electron chi connectivity index (χ3n) is 6.85. The van der Waals surface area contributed by atoms with Crippen LogP contribution in [-0.4, -0.2) is 61.1 Å². The summed E-state index contributed by atoms with van der Waals surface area (Å²) in [6.07, 6.45) is 1.43. The average molecular weight is 581 g/mol. The number of carbonyl (C=O) groups is 2. The van der Waals surface area contributed by atoms with Crippen LogP contribution in [0.4, 0.5) is 24.7 Å². The highest BCUT2D eigenvalue weighted by molar-refractivity contribution is 5.99. The quantitative estimate of drug-likeness (QED) is 0.248. The van der Waals surface area contributed by atoms with Crippen LogP contribution in [0.3, 0.4) is 0 Å². The van der Waals surface area contributed by atoms with E-state index in [2.05, 4.69) is 36.3 Å². The van der Waals surface area contributed by atoms with Gasteiger partial charge >= 0.3 is 6.18 Å². The average Bonchev–Trinajstić information content (AvgIpc) is 3.69. The largest absolute Gasteiger partial charge is 0.435 e. The zero-order valence-corrected chi connectivity index (χ0v) is 22.7. The Morgan fingerprint density at radius 3 is 2.79 bits per heavy atom. The van der Waals surface area contributed by atoms with Crippen LogP contribution < -0.4 is 21.3 Å². The number of anilines is 2. The lowest BCUT2D eigenvalue weighted by atomic mass is 10.1. The van der Waals surface area contributed by atoms with Crippen molar-refractivity contribution in [2.75, 3.05) is 18.4 Å². The summed E-state index contributed by atoms with van der Waals surface area (Å²) in [6, 6.07) is 6.07. The highest BCUT2D eigenvalue weighted by Gasteiger charge is 2.38. The number of nitrogens with zero attached hydrogens (tertiary/aromatic N) is 6. The Bertz CT molecular complexity index is 1680. The minimum absolute atomic E-state index is 0.0427. The van der Waals surface area contributed by atoms with Crippen LogP contribution in [0.2, 0.25) is 0 Å². The molecule has 1 aliphatic rings. The van der Waals surface area contributed by atoms with Crippen LogP contribution in [0.15, 0.2) is 43.0 Å². The van der Waals surface area contributed by atoms with E-state index in [9.17, 15) is 22.8 Å². The van der Waals surface area contributed by atoms with E-state index in [4.69, 9.17) is 5.26 Å². The summed E-state index contributed by atoms with van der Waals surface area (Å²) in [5, 5.41) is 24.4. The van der Waals surface area contributed by atoms with E-state index in [0.29, 0.717) is 23.4 Å². The molecular weight excluding hydrogens is 553 g/mol. The molecule has 12 nitrogen and oxygen atoms in total. The van der Waals surface area contributed by atoms with Gasteiger partial charge in [0.1, 0.15) is 12.6 Å². The number of amides is 2. The number of aryl methyl sites for hydroxylation is 1. The number of fused-ring (bicyclic) bond motifs is 1. The fourth-order valence-electron chi connectivity index (χ4n) is 4.76. The van der Waals surface area contributed by atoms with Gasteiger partial charge in [0.25, 0.3) is 5.91 Å². The number of aromatic nitrogens is 5. The van der Waals surface area contributed by atoms with Gasteiger partial charge in [-0.05, 0) is 50.6 Å². The van der Waals surface area contributed by atoms with E-state index in [-0.39, 0.29) is 41.2 Å². The topological polar surface area (TPSA) is 154 Å². The number of nitriles is 1. The van der Waals surface area contributed by atoms with Gasteiger partial charge in [0.15, 0.2) is 17.2 Å². The molecule has 2 atom stereocenters. The first-order valence-electron chi connectivity index (χ1n) is 13.1. The summed E-state index contributed by atoms with van der Waals surface area (Å²) in [5.41, 5.74) is 0.593. The summed E-state index contributed by atoms with van der Waals surface area (Å²) < 4.78 is 43.5. The molecule has 0 aliphatic carbocycles. The number of halogens is 3. The number of hydrogen-bond acceptors (Lipinski definition) is 8. The van der Waals surface area contributed by atoms with Gasteiger partial charge in [0.05, 0.1) is 23.5 Å². The van der Waals surface area contributed by atoms with Crippen molar-refractivity contribution in [1.82, 2.24) is 40.1 Å². The fourth-order valence-corrected chi connectivity index (χ4v) is 4.76. The van der Waals surface area contributed by atoms with Crippen molar-refractivity contribution < 1.29 is 22.8 Å². The molecule has 0 saturated carbocycles. The molecule has 1 saturated heterocycles. The van der Waals surface area contributed by atoms with Crippen LogP contribution in [-0.2, 0) is 17.5 Å². The molecule has 0 radical (unpaired) electrons. The smallest absolute Gasteiger partial charge is 0.350 e. The second-order valence-electron chi connectivity index (χ2n) is 9.91. The zero-order chi connectivity index (χ0) is 30.0. The molecule has 1 aliphatic heterocycles. The predicted molar refractivity (Wildman–Crippen MR) is 146 cm³/mol. The molecule has 1 fully saturated rings. The zero-order valence-electron chi connectivity index (χ0n) is 22.7. The van der Waals surface area contributed by atoms with E-state index in [1.165, 1.54) is 23.0 Å². The Hall–Kier alpha value is -4.97. The summed E-state index contributed by atoms with van der Waals surface area (Å²) in [4.78, 5) is 33.9. The Morgan fingerprint density at radius 1 is 1.29 bits per heavy atom. The van der Waals surface area contributed by atoms with E-state index in [1.54, 1.807) is 38.1 Å². The highest BCUT2D eigenvalue weighted by atomic mass is 19.4. The molecule has 0 bridgehead atoms. The Balaban J connectivity index is 1.34. The van der Waals surface area contributed by atoms with Crippen LogP contribution in [0.25, 0.3) is 16.9 Å². The number of rotatable bonds is 8. The monoisotopic (exact) mass is 580 g/mol. The van der Waals surface area contributed by atoms with Crippen molar-refractivity contribution >= 4 is 29.0 Å². The number of imidazole rings is 1. The molecular formula is C27H27F3N10O2. The van der Waals surface area contributed by atoms with Crippen molar-refractivity contribution in [3.05, 3.63) is 59.8 Å². The van der Waals surface area contributed by atoms with E-state index >= 15 is 0 Å². The molecule has 4 aromatic rings. The van der Waals surface area contributed by atoms with Crippen molar-refractivity contribution in [2.45, 2.75) is 45.1 Å². The number of benzene rings is 1. The number of nitrogens with one attached hydrogen (secondary N) is 4. The predicted octanol–water partition coefficient (Wildman–Crippen LogP) is 2.78. The Labute approximate surface area is 237 Å². The summed E-state index contributed by atoms with van der Waals surface area (Å²) in [5.74, 6) is -0.391. The van der Waals surface area contributed by atoms with Gasteiger partial charge in [-0.2, -0.15) is 23.5 Å². The number of alkyl halides is 3. The molecule has 0 spiro atoms. The first-order chi connectivity index (χ1) is 20.0. The lowest BCUT2D eigenvalue weighted by Gasteiger charge is -2.18. The summed E-state index contributed by atoms with van der Waals surface area (Å²) in [7, 11) is 0. The fraction of sp³-hybridized carbons (Fsp3) is 0.333. The molecule has 1 aromatic carbocycles. The van der Waals surface area contributed by atoms with E-state index < -0.39 is 23.8 Å². The highest BCUT2D eigenvalue weighted by Crippen LogP contribution is 2.37. The van der Waals surface area contributed by atoms with Gasteiger partial charge in [0.2, 0.25) is 5.91 Å². The minimum atomic E-state index is -4.74. The molecule has 4 heterocycles. The first-order valence-corrected chi connectivity index (χ1v) is 13.1. The standard InChI is InChI=1S/C27H27F3N10O2/c1-15-11-17(3-4-19(15)26(42)35-16(2)25(41)37-18-5-7-32-12-18)36-23-24-34-13-21(40(24)10-8-33-23)20-14-39(9-6-31)38-22(20)27(28,29)30/h3-4,8,10-11,13-14,16,18,32H,5,7,9,12H2,1-2H3,(H,33,36)(H,35,42)(H,37,41)/t16?,18-/m0/s1. The first kappa shape index (κ1) is 28.6. The molecule has 15 heteroatoms. The van der Waals surface area contributed by atoms with Crippen molar-refractivity contribution in [2.24, 2.45) is 0 Å². The molecule has 3 aromatic heterocycles. The molecule has 4 N–H and O–H groups in total. The third-order valence-corrected chi connectivity index (χ3v) is 6.85. The lowest BCUT2D eigenvalue weighted by molar-refractivity contribution is -0.141. The Kier molecular flexibility index (Phi) is 7.81. The maximum absolute atomic E-state index is 13.7. The van der Waals surface area contributed by atoms with Crippen LogP contribution >= 0.6 is 0 Å². The van der Waals surface area contributed by atoms with Gasteiger partial charge in [-0.1, -0.05) is 0 Å². The second-order valence-corrected chi connectivity index (χ2v) is 9.91. The van der Waals surface area contributed by atoms with Gasteiger partial charge in [0, 0.05) is 42.4 Å².